The molecule has 0 saturated carbocycles. The van der Waals surface area contributed by atoms with E-state index >= 15 is 0 Å². The summed E-state index contributed by atoms with van der Waals surface area (Å²) in [4.78, 5) is 0. The summed E-state index contributed by atoms with van der Waals surface area (Å²) in [6.07, 6.45) is 1.66. The molecule has 1 N–H and O–H groups in total. The van der Waals surface area contributed by atoms with Gasteiger partial charge in [-0.2, -0.15) is 0 Å². The summed E-state index contributed by atoms with van der Waals surface area (Å²) >= 11 is 3.48. The fourth-order valence-corrected chi connectivity index (χ4v) is 1.98. The number of hydrogen-bond acceptors (Lipinski definition) is 2. The van der Waals surface area contributed by atoms with Crippen LogP contribution in [0.3, 0.4) is 0 Å². The molecular formula is C11H14BrN4+. The molecule has 0 unspecified atom stereocenters. The van der Waals surface area contributed by atoms with Gasteiger partial charge in [0.25, 0.3) is 6.33 Å². The van der Waals surface area contributed by atoms with Crippen molar-refractivity contribution in [3.63, 3.8) is 0 Å². The van der Waals surface area contributed by atoms with Crippen LogP contribution in [0.1, 0.15) is 26.3 Å². The average Bonchev–Trinajstić information content (AvgIpc) is 2.68. The van der Waals surface area contributed by atoms with Crippen LogP contribution in [0.25, 0.3) is 5.69 Å². The molecule has 4 nitrogen and oxygen atoms in total. The molecule has 0 fully saturated rings. The van der Waals surface area contributed by atoms with Crippen LogP contribution in [0, 0.1) is 0 Å². The second-order valence-electron chi connectivity index (χ2n) is 4.71. The Morgan fingerprint density at radius 3 is 2.62 bits per heavy atom. The molecule has 0 spiro atoms. The van der Waals surface area contributed by atoms with Crippen molar-refractivity contribution in [2.45, 2.75) is 26.2 Å². The van der Waals surface area contributed by atoms with Gasteiger partial charge in [0, 0.05) is 4.47 Å². The number of aromatic nitrogens is 4. The van der Waals surface area contributed by atoms with Gasteiger partial charge in [0.15, 0.2) is 5.21 Å². The predicted octanol–water partition coefficient (Wildman–Crippen LogP) is 2.14. The molecule has 0 atom stereocenters. The molecule has 0 bridgehead atoms. The van der Waals surface area contributed by atoms with E-state index in [0.29, 0.717) is 0 Å². The van der Waals surface area contributed by atoms with Crippen molar-refractivity contribution in [3.8, 4) is 5.69 Å². The van der Waals surface area contributed by atoms with Crippen molar-refractivity contribution in [1.29, 1.82) is 0 Å². The largest absolute Gasteiger partial charge is 0.293 e. The first-order chi connectivity index (χ1) is 7.48. The topological polar surface area (TPSA) is 45.5 Å². The van der Waals surface area contributed by atoms with E-state index in [1.807, 2.05) is 4.68 Å². The van der Waals surface area contributed by atoms with Crippen molar-refractivity contribution in [1.82, 2.24) is 15.5 Å². The summed E-state index contributed by atoms with van der Waals surface area (Å²) in [5, 5.41) is 10.3. The molecule has 0 amide bonds. The molecule has 2 rings (SSSR count). The summed E-state index contributed by atoms with van der Waals surface area (Å²) in [5.74, 6) is 0. The third-order valence-corrected chi connectivity index (χ3v) is 2.90. The van der Waals surface area contributed by atoms with Gasteiger partial charge in [0.2, 0.25) is 0 Å². The van der Waals surface area contributed by atoms with Gasteiger partial charge < -0.3 is 0 Å². The highest BCUT2D eigenvalue weighted by Crippen LogP contribution is 2.27. The molecule has 0 aliphatic rings. The number of tetrazole rings is 1. The Balaban J connectivity index is 2.63. The van der Waals surface area contributed by atoms with E-state index in [1.165, 1.54) is 5.56 Å². The Kier molecular flexibility index (Phi) is 2.80. The Bertz CT molecular complexity index is 485. The lowest BCUT2D eigenvalue weighted by molar-refractivity contribution is -0.661. The van der Waals surface area contributed by atoms with Gasteiger partial charge in [0.1, 0.15) is 10.8 Å². The third kappa shape index (κ3) is 2.14. The molecule has 0 aliphatic heterocycles. The van der Waals surface area contributed by atoms with Crippen LogP contribution in [-0.2, 0) is 5.41 Å². The van der Waals surface area contributed by atoms with Gasteiger partial charge >= 0.3 is 0 Å². The highest BCUT2D eigenvalue weighted by atomic mass is 79.9. The van der Waals surface area contributed by atoms with E-state index in [0.717, 1.165) is 10.2 Å². The van der Waals surface area contributed by atoms with Crippen molar-refractivity contribution in [3.05, 3.63) is 34.6 Å². The third-order valence-electron chi connectivity index (χ3n) is 2.40. The molecule has 16 heavy (non-hydrogen) atoms. The van der Waals surface area contributed by atoms with Crippen molar-refractivity contribution in [2.75, 3.05) is 0 Å². The SMILES string of the molecule is CC(C)(C)c1ccc(Br)cc1-[n+]1cnn[nH]1. The van der Waals surface area contributed by atoms with Crippen molar-refractivity contribution in [2.24, 2.45) is 0 Å². The Morgan fingerprint density at radius 2 is 2.06 bits per heavy atom. The van der Waals surface area contributed by atoms with E-state index in [2.05, 4.69) is 70.4 Å². The molecule has 5 heteroatoms. The first-order valence-corrected chi connectivity index (χ1v) is 5.86. The lowest BCUT2D eigenvalue weighted by atomic mass is 9.86. The maximum atomic E-state index is 3.79. The number of nitrogens with zero attached hydrogens (tertiary/aromatic N) is 3. The van der Waals surface area contributed by atoms with E-state index < -0.39 is 0 Å². The van der Waals surface area contributed by atoms with Crippen molar-refractivity contribution >= 4 is 15.9 Å². The van der Waals surface area contributed by atoms with Crippen LogP contribution >= 0.6 is 15.9 Å². The molecular weight excluding hydrogens is 268 g/mol. The smallest absolute Gasteiger partial charge is 0.129 e. The number of H-pyrrole nitrogens is 1. The van der Waals surface area contributed by atoms with Crippen LogP contribution < -0.4 is 4.68 Å². The zero-order valence-electron chi connectivity index (χ0n) is 9.53. The van der Waals surface area contributed by atoms with Crippen LogP contribution in [0.15, 0.2) is 29.0 Å². The van der Waals surface area contributed by atoms with Gasteiger partial charge in [-0.25, -0.2) is 0 Å². The van der Waals surface area contributed by atoms with Crippen LogP contribution in [0.2, 0.25) is 0 Å². The van der Waals surface area contributed by atoms with Crippen LogP contribution in [-0.4, -0.2) is 15.5 Å². The van der Waals surface area contributed by atoms with E-state index in [9.17, 15) is 0 Å². The summed E-state index contributed by atoms with van der Waals surface area (Å²) < 4.78 is 2.85. The number of rotatable bonds is 1. The predicted molar refractivity (Wildman–Crippen MR) is 64.3 cm³/mol. The van der Waals surface area contributed by atoms with Crippen molar-refractivity contribution < 1.29 is 4.68 Å². The standard InChI is InChI=1S/C11H13BrN4/c1-11(2,3)9-5-4-8(12)6-10(9)16-7-13-14-15-16/h4-7H,1-3H3/p+1. The summed E-state index contributed by atoms with van der Waals surface area (Å²) in [5.41, 5.74) is 2.38. The highest BCUT2D eigenvalue weighted by Gasteiger charge is 2.21. The quantitative estimate of drug-likeness (QED) is 0.814. The average molecular weight is 282 g/mol. The molecule has 0 radical (unpaired) electrons. The summed E-state index contributed by atoms with van der Waals surface area (Å²) in [6.45, 7) is 6.55. The van der Waals surface area contributed by atoms with E-state index in [4.69, 9.17) is 0 Å². The molecule has 1 aromatic heterocycles. The zero-order chi connectivity index (χ0) is 11.8. The minimum Gasteiger partial charge on any atom is -0.129 e. The number of hydrogen-bond donors (Lipinski definition) is 1. The minimum absolute atomic E-state index is 0.0775. The van der Waals surface area contributed by atoms with Gasteiger partial charge in [0.05, 0.1) is 0 Å². The van der Waals surface area contributed by atoms with E-state index in [-0.39, 0.29) is 5.41 Å². The van der Waals surface area contributed by atoms with E-state index in [1.54, 1.807) is 6.33 Å². The maximum Gasteiger partial charge on any atom is 0.293 e. The Hall–Kier alpha value is -1.23. The Morgan fingerprint density at radius 1 is 1.31 bits per heavy atom. The lowest BCUT2D eigenvalue weighted by Gasteiger charge is -2.21. The second kappa shape index (κ2) is 3.97. The van der Waals surface area contributed by atoms with Crippen LogP contribution in [0.5, 0.6) is 0 Å². The number of halogens is 1. The summed E-state index contributed by atoms with van der Waals surface area (Å²) in [7, 11) is 0. The fraction of sp³-hybridized carbons (Fsp3) is 0.364. The molecule has 2 aromatic rings. The molecule has 0 saturated heterocycles. The van der Waals surface area contributed by atoms with Gasteiger partial charge in [-0.05, 0) is 23.1 Å². The lowest BCUT2D eigenvalue weighted by Crippen LogP contribution is -2.35. The monoisotopic (exact) mass is 281 g/mol. The number of benzene rings is 1. The molecule has 1 heterocycles. The first kappa shape index (κ1) is 11.3. The maximum absolute atomic E-state index is 3.79. The van der Waals surface area contributed by atoms with Gasteiger partial charge in [-0.1, -0.05) is 48.0 Å². The molecule has 84 valence electrons. The number of aromatic amines is 1. The van der Waals surface area contributed by atoms with Crippen LogP contribution in [0.4, 0.5) is 0 Å². The van der Waals surface area contributed by atoms with Gasteiger partial charge in [-0.3, -0.25) is 0 Å². The summed E-state index contributed by atoms with van der Waals surface area (Å²) in [6, 6.07) is 6.22. The normalized spacial score (nSPS) is 11.8. The second-order valence-corrected chi connectivity index (χ2v) is 5.63. The highest BCUT2D eigenvalue weighted by molar-refractivity contribution is 9.10. The zero-order valence-corrected chi connectivity index (χ0v) is 11.1. The fourth-order valence-electron chi connectivity index (χ4n) is 1.63. The molecule has 0 aliphatic carbocycles. The minimum atomic E-state index is 0.0775. The number of nitrogens with one attached hydrogen (secondary N) is 1. The first-order valence-electron chi connectivity index (χ1n) is 5.06. The molecule has 1 aromatic carbocycles. The Labute approximate surface area is 103 Å². The van der Waals surface area contributed by atoms with Gasteiger partial charge in [-0.15, -0.1) is 4.68 Å².